The summed E-state index contributed by atoms with van der Waals surface area (Å²) in [5, 5.41) is 3.16. The predicted molar refractivity (Wildman–Crippen MR) is 95.8 cm³/mol. The van der Waals surface area contributed by atoms with Gasteiger partial charge in [-0.15, -0.1) is 0 Å². The van der Waals surface area contributed by atoms with Crippen LogP contribution in [0, 0.1) is 0 Å². The SMILES string of the molecule is COc1cc(C(=O)[C@H]2CN(Cc3ccccc3)CCN2)ccc1C(F)(F)F. The van der Waals surface area contributed by atoms with Crippen molar-refractivity contribution in [3.8, 4) is 5.75 Å². The van der Waals surface area contributed by atoms with Crippen molar-refractivity contribution >= 4 is 5.78 Å². The van der Waals surface area contributed by atoms with E-state index in [4.69, 9.17) is 4.74 Å². The Morgan fingerprint density at radius 3 is 2.63 bits per heavy atom. The second-order valence-electron chi connectivity index (χ2n) is 6.50. The van der Waals surface area contributed by atoms with Gasteiger partial charge < -0.3 is 10.1 Å². The average molecular weight is 378 g/mol. The summed E-state index contributed by atoms with van der Waals surface area (Å²) in [5.74, 6) is -0.579. The Hall–Kier alpha value is -2.38. The van der Waals surface area contributed by atoms with Gasteiger partial charge in [0.25, 0.3) is 0 Å². The summed E-state index contributed by atoms with van der Waals surface area (Å²) in [6, 6.07) is 12.8. The van der Waals surface area contributed by atoms with Crippen molar-refractivity contribution < 1.29 is 22.7 Å². The van der Waals surface area contributed by atoms with Gasteiger partial charge in [-0.25, -0.2) is 0 Å². The summed E-state index contributed by atoms with van der Waals surface area (Å²) in [5.41, 5.74) is 0.476. The van der Waals surface area contributed by atoms with Crippen LogP contribution in [0.3, 0.4) is 0 Å². The van der Waals surface area contributed by atoms with Crippen molar-refractivity contribution in [1.82, 2.24) is 10.2 Å². The zero-order chi connectivity index (χ0) is 19.4. The number of benzene rings is 2. The molecule has 1 saturated heterocycles. The molecule has 0 spiro atoms. The highest BCUT2D eigenvalue weighted by Gasteiger charge is 2.35. The van der Waals surface area contributed by atoms with E-state index in [9.17, 15) is 18.0 Å². The van der Waals surface area contributed by atoms with Gasteiger partial charge in [0.1, 0.15) is 5.75 Å². The first-order valence-corrected chi connectivity index (χ1v) is 8.67. The van der Waals surface area contributed by atoms with E-state index in [0.29, 0.717) is 13.1 Å². The summed E-state index contributed by atoms with van der Waals surface area (Å²) in [6.45, 7) is 2.66. The Morgan fingerprint density at radius 1 is 1.22 bits per heavy atom. The van der Waals surface area contributed by atoms with Crippen molar-refractivity contribution in [2.75, 3.05) is 26.7 Å². The molecule has 0 bridgehead atoms. The molecule has 2 aromatic rings. The molecule has 1 heterocycles. The second-order valence-corrected chi connectivity index (χ2v) is 6.50. The molecule has 1 fully saturated rings. The third-order valence-electron chi connectivity index (χ3n) is 4.62. The van der Waals surface area contributed by atoms with Crippen LogP contribution in [0.25, 0.3) is 0 Å². The number of rotatable bonds is 5. The maximum atomic E-state index is 13.0. The van der Waals surface area contributed by atoms with Crippen molar-refractivity contribution in [3.05, 3.63) is 65.2 Å². The number of hydrogen-bond acceptors (Lipinski definition) is 4. The van der Waals surface area contributed by atoms with Gasteiger partial charge in [0, 0.05) is 31.7 Å². The van der Waals surface area contributed by atoms with Gasteiger partial charge in [-0.3, -0.25) is 9.69 Å². The molecule has 0 amide bonds. The summed E-state index contributed by atoms with van der Waals surface area (Å²) >= 11 is 0. The van der Waals surface area contributed by atoms with Gasteiger partial charge in [0.2, 0.25) is 0 Å². The predicted octanol–water partition coefficient (Wildman–Crippen LogP) is 3.37. The van der Waals surface area contributed by atoms with Gasteiger partial charge in [0.15, 0.2) is 5.78 Å². The zero-order valence-electron chi connectivity index (χ0n) is 14.9. The number of halogens is 3. The highest BCUT2D eigenvalue weighted by Crippen LogP contribution is 2.36. The van der Waals surface area contributed by atoms with Crippen LogP contribution in [-0.2, 0) is 12.7 Å². The maximum absolute atomic E-state index is 13.0. The number of nitrogens with zero attached hydrogens (tertiary/aromatic N) is 1. The Balaban J connectivity index is 1.73. The molecule has 27 heavy (non-hydrogen) atoms. The van der Waals surface area contributed by atoms with Gasteiger partial charge in [-0.1, -0.05) is 36.4 Å². The van der Waals surface area contributed by atoms with Gasteiger partial charge >= 0.3 is 6.18 Å². The summed E-state index contributed by atoms with van der Waals surface area (Å²) < 4.78 is 43.8. The maximum Gasteiger partial charge on any atom is 0.419 e. The molecule has 1 N–H and O–H groups in total. The van der Waals surface area contributed by atoms with Crippen molar-refractivity contribution in [2.24, 2.45) is 0 Å². The molecule has 0 saturated carbocycles. The third kappa shape index (κ3) is 4.67. The molecular weight excluding hydrogens is 357 g/mol. The van der Waals surface area contributed by atoms with Gasteiger partial charge in [-0.2, -0.15) is 13.2 Å². The number of ether oxygens (including phenoxy) is 1. The fraction of sp³-hybridized carbons (Fsp3) is 0.350. The molecule has 4 nitrogen and oxygen atoms in total. The number of Topliss-reactive ketones (excluding diaryl/α,β-unsaturated/α-hetero) is 1. The normalized spacial score (nSPS) is 18.3. The topological polar surface area (TPSA) is 41.6 Å². The Morgan fingerprint density at radius 2 is 1.96 bits per heavy atom. The number of hydrogen-bond donors (Lipinski definition) is 1. The summed E-state index contributed by atoms with van der Waals surface area (Å²) in [6.07, 6.45) is -4.53. The van der Waals surface area contributed by atoms with Crippen LogP contribution in [0.2, 0.25) is 0 Å². The standard InChI is InChI=1S/C20H21F3N2O2/c1-27-18-11-15(7-8-16(18)20(21,22)23)19(26)17-13-25(10-9-24-17)12-14-5-3-2-4-6-14/h2-8,11,17,24H,9-10,12-13H2,1H3/t17-/m1/s1. The molecule has 0 radical (unpaired) electrons. The van der Waals surface area contributed by atoms with E-state index >= 15 is 0 Å². The van der Waals surface area contributed by atoms with E-state index in [1.165, 1.54) is 19.2 Å². The molecule has 0 aromatic heterocycles. The number of methoxy groups -OCH3 is 1. The molecule has 0 aliphatic carbocycles. The lowest BCUT2D eigenvalue weighted by Gasteiger charge is -2.33. The van der Waals surface area contributed by atoms with Crippen LogP contribution >= 0.6 is 0 Å². The lowest BCUT2D eigenvalue weighted by atomic mass is 9.99. The number of piperazine rings is 1. The molecule has 1 aliphatic rings. The van der Waals surface area contributed by atoms with Crippen molar-refractivity contribution in [1.29, 1.82) is 0 Å². The Kier molecular flexibility index (Phi) is 5.82. The molecule has 144 valence electrons. The lowest BCUT2D eigenvalue weighted by Crippen LogP contribution is -2.53. The average Bonchev–Trinajstić information content (AvgIpc) is 2.67. The fourth-order valence-electron chi connectivity index (χ4n) is 3.25. The number of carbonyl (C=O) groups excluding carboxylic acids is 1. The van der Waals surface area contributed by atoms with Crippen molar-refractivity contribution in [3.63, 3.8) is 0 Å². The van der Waals surface area contributed by atoms with Crippen LogP contribution in [0.15, 0.2) is 48.5 Å². The minimum absolute atomic E-state index is 0.207. The molecule has 0 unspecified atom stereocenters. The van der Waals surface area contributed by atoms with Crippen molar-refractivity contribution in [2.45, 2.75) is 18.8 Å². The molecule has 2 aromatic carbocycles. The van der Waals surface area contributed by atoms with Crippen LogP contribution in [-0.4, -0.2) is 43.5 Å². The van der Waals surface area contributed by atoms with E-state index in [1.54, 1.807) is 0 Å². The zero-order valence-corrected chi connectivity index (χ0v) is 14.9. The van der Waals surface area contributed by atoms with E-state index in [2.05, 4.69) is 10.2 Å². The Bertz CT molecular complexity index is 794. The van der Waals surface area contributed by atoms with Gasteiger partial charge in [-0.05, 0) is 17.7 Å². The number of alkyl halides is 3. The highest BCUT2D eigenvalue weighted by atomic mass is 19.4. The first-order chi connectivity index (χ1) is 12.9. The monoisotopic (exact) mass is 378 g/mol. The second kappa shape index (κ2) is 8.10. The first-order valence-electron chi connectivity index (χ1n) is 8.67. The van der Waals surface area contributed by atoms with Gasteiger partial charge in [0.05, 0.1) is 18.7 Å². The van der Waals surface area contributed by atoms with E-state index in [0.717, 1.165) is 24.7 Å². The van der Waals surface area contributed by atoms with Crippen LogP contribution in [0.5, 0.6) is 5.75 Å². The molecular formula is C20H21F3N2O2. The first kappa shape index (κ1) is 19.4. The molecule has 1 aliphatic heterocycles. The van der Waals surface area contributed by atoms with Crippen LogP contribution in [0.4, 0.5) is 13.2 Å². The van der Waals surface area contributed by atoms with E-state index in [1.807, 2.05) is 30.3 Å². The smallest absolute Gasteiger partial charge is 0.419 e. The van der Waals surface area contributed by atoms with E-state index < -0.39 is 17.8 Å². The lowest BCUT2D eigenvalue weighted by molar-refractivity contribution is -0.138. The minimum Gasteiger partial charge on any atom is -0.496 e. The quantitative estimate of drug-likeness (QED) is 0.810. The fourth-order valence-corrected chi connectivity index (χ4v) is 3.25. The van der Waals surface area contributed by atoms with Crippen LogP contribution < -0.4 is 10.1 Å². The largest absolute Gasteiger partial charge is 0.496 e. The summed E-state index contributed by atoms with van der Waals surface area (Å²) in [7, 11) is 1.17. The van der Waals surface area contributed by atoms with Crippen LogP contribution in [0.1, 0.15) is 21.5 Å². The molecule has 7 heteroatoms. The third-order valence-corrected chi connectivity index (χ3v) is 4.62. The van der Waals surface area contributed by atoms with E-state index in [-0.39, 0.29) is 17.1 Å². The number of carbonyl (C=O) groups is 1. The number of nitrogens with one attached hydrogen (secondary N) is 1. The minimum atomic E-state index is -4.53. The number of ketones is 1. The molecule has 1 atom stereocenters. The summed E-state index contributed by atoms with van der Waals surface area (Å²) in [4.78, 5) is 15.0. The highest BCUT2D eigenvalue weighted by molar-refractivity contribution is 6.00. The molecule has 3 rings (SSSR count). The Labute approximate surface area is 155 Å².